The first-order chi connectivity index (χ1) is 28.6. The number of fused-ring (bicyclic) bond motifs is 8. The molecule has 8 bridgehead atoms. The first-order valence-electron chi connectivity index (χ1n) is 20.2. The molecule has 3 aromatic heterocycles. The van der Waals surface area contributed by atoms with Gasteiger partial charge in [-0.2, -0.15) is 0 Å². The Hall–Kier alpha value is -5.60. The van der Waals surface area contributed by atoms with Crippen LogP contribution in [0.2, 0.25) is 0 Å². The number of nitrogens with zero attached hydrogens (tertiary/aromatic N) is 2. The maximum Gasteiger partial charge on any atom is 2.00 e. The average molecular weight is 831 g/mol. The number of aryl methyl sites for hydroxylation is 8. The first-order valence-corrected chi connectivity index (χ1v) is 21.8. The van der Waals surface area contributed by atoms with Crippen LogP contribution in [-0.2, 0) is 4.57 Å². The molecule has 61 heavy (non-hydrogen) atoms. The van der Waals surface area contributed by atoms with E-state index in [1.54, 1.807) is 12.1 Å². The number of hydrogen-bond donors (Lipinski definition) is 2. The molecule has 4 N–H and O–H groups in total. The van der Waals surface area contributed by atoms with Crippen LogP contribution in [0.1, 0.15) is 67.3 Å². The van der Waals surface area contributed by atoms with Crippen molar-refractivity contribution in [1.29, 1.82) is 0 Å². The maximum absolute atomic E-state index is 12.3. The second kappa shape index (κ2) is 16.0. The summed E-state index contributed by atoms with van der Waals surface area (Å²) < 4.78 is 12.3. The van der Waals surface area contributed by atoms with Gasteiger partial charge in [-0.3, -0.25) is 4.57 Å². The third-order valence-corrected chi connectivity index (χ3v) is 12.7. The van der Waals surface area contributed by atoms with Crippen LogP contribution in [-0.4, -0.2) is 32.8 Å². The van der Waals surface area contributed by atoms with Gasteiger partial charge >= 0.3 is 30.6 Å². The molecule has 9 heteroatoms. The van der Waals surface area contributed by atoms with Gasteiger partial charge in [0.2, 0.25) is 22.8 Å². The molecule has 5 heterocycles. The summed E-state index contributed by atoms with van der Waals surface area (Å²) in [7, 11) is -4.46. The van der Waals surface area contributed by atoms with Crippen molar-refractivity contribution in [2.45, 2.75) is 55.4 Å². The Morgan fingerprint density at radius 3 is 1.23 bits per heavy atom. The molecule has 7 nitrogen and oxygen atoms in total. The predicted octanol–water partition coefficient (Wildman–Crippen LogP) is 10.3. The van der Waals surface area contributed by atoms with Crippen molar-refractivity contribution in [3.05, 3.63) is 158 Å². The molecule has 4 aromatic carbocycles. The summed E-state index contributed by atoms with van der Waals surface area (Å²) >= 11 is 0. The Morgan fingerprint density at radius 2 is 0.803 bits per heavy atom. The van der Waals surface area contributed by atoms with Crippen molar-refractivity contribution in [2.24, 2.45) is 0 Å². The minimum absolute atomic E-state index is 0. The average Bonchev–Trinajstić information content (AvgIpc) is 4.01. The summed E-state index contributed by atoms with van der Waals surface area (Å²) in [5.74, 6) is 0. The fraction of sp³-hybridized carbons (Fsp3) is 0.154. The fourth-order valence-corrected chi connectivity index (χ4v) is 9.92. The number of aromatic nitrogens is 4. The summed E-state index contributed by atoms with van der Waals surface area (Å²) in [6.45, 7) is 17.2. The standard InChI is InChI=1S/C52H45N4O3P.Mg/c1-28-9-14-38(31(4)23-28)50-41-17-15-39(53-41)49(36-10-12-37(13-11-36)60(57,58)59)40-16-19-43(54-40)51(47-32(5)24-29(2)25-33(47)6)45-21-22-46(56-45)52(44-20-18-42(50)55-44)48-34(7)26-30(3)27-35(48)8;/h9-27H,1-8H3,(H2,57,58,59);/q-2;+2/p+2. The van der Waals surface area contributed by atoms with Crippen LogP contribution in [0.25, 0.3) is 90.9 Å². The van der Waals surface area contributed by atoms with Crippen LogP contribution in [0.5, 0.6) is 0 Å². The zero-order valence-corrected chi connectivity index (χ0v) is 38.1. The molecule has 0 fully saturated rings. The topological polar surface area (TPSA) is 114 Å². The normalized spacial score (nSPS) is 12.2. The SMILES string of the molecule is Cc1ccc(-c2c3[nH+]c(c(-c4ccc(P(=O)(O)O)cc4)c4ccc([n-]4)c(-c4c(C)cc(C)cc4C)c4[nH+]c(c(-c5c(C)cc(C)cc5C)c5ccc2[n-]5)C=C4)C=C3)c(C)c1.[Mg+2]. The van der Waals surface area contributed by atoms with Gasteiger partial charge in [-0.15, -0.1) is 22.1 Å². The van der Waals surface area contributed by atoms with Crippen LogP contribution >= 0.6 is 7.60 Å². The molecule has 0 radical (unpaired) electrons. The molecule has 0 unspecified atom stereocenters. The Labute approximate surface area is 372 Å². The molecule has 0 aliphatic carbocycles. The minimum Gasteiger partial charge on any atom is -0.656 e. The summed E-state index contributed by atoms with van der Waals surface area (Å²) in [6.07, 6.45) is 8.49. The van der Waals surface area contributed by atoms with Crippen molar-refractivity contribution < 1.29 is 24.3 Å². The molecular weight excluding hydrogens is 784 g/mol. The zero-order valence-electron chi connectivity index (χ0n) is 35.8. The number of benzene rings is 4. The van der Waals surface area contributed by atoms with E-state index in [1.807, 2.05) is 6.07 Å². The van der Waals surface area contributed by atoms with E-state index in [2.05, 4.69) is 150 Å². The first kappa shape index (κ1) is 42.1. The van der Waals surface area contributed by atoms with Gasteiger partial charge in [0.25, 0.3) is 0 Å². The summed E-state index contributed by atoms with van der Waals surface area (Å²) in [4.78, 5) is 38.6. The molecule has 0 saturated carbocycles. The van der Waals surface area contributed by atoms with Gasteiger partial charge in [-0.25, -0.2) is 9.97 Å². The van der Waals surface area contributed by atoms with Crippen LogP contribution < -0.4 is 25.2 Å². The van der Waals surface area contributed by atoms with Crippen molar-refractivity contribution in [3.8, 4) is 44.5 Å². The van der Waals surface area contributed by atoms with E-state index < -0.39 is 7.60 Å². The predicted molar refractivity (Wildman–Crippen MR) is 251 cm³/mol. The second-order valence-corrected chi connectivity index (χ2v) is 18.1. The van der Waals surface area contributed by atoms with Gasteiger partial charge in [0.1, 0.15) is 0 Å². The smallest absolute Gasteiger partial charge is 0.656 e. The molecule has 7 aromatic rings. The number of hydrogen-bond acceptors (Lipinski definition) is 1. The van der Waals surface area contributed by atoms with E-state index in [4.69, 9.17) is 9.97 Å². The molecule has 298 valence electrons. The number of aromatic amines is 2. The Morgan fingerprint density at radius 1 is 0.426 bits per heavy atom. The van der Waals surface area contributed by atoms with Gasteiger partial charge in [0.05, 0.1) is 5.30 Å². The second-order valence-electron chi connectivity index (χ2n) is 16.5. The molecule has 0 saturated heterocycles. The third kappa shape index (κ3) is 7.69. The van der Waals surface area contributed by atoms with Crippen LogP contribution in [0.15, 0.2) is 91.0 Å². The Balaban J connectivity index is 0.00000514. The number of rotatable bonds is 5. The summed E-state index contributed by atoms with van der Waals surface area (Å²) in [6, 6.07) is 30.4. The van der Waals surface area contributed by atoms with E-state index in [0.29, 0.717) is 0 Å². The van der Waals surface area contributed by atoms with Gasteiger partial charge in [-0.1, -0.05) is 95.6 Å². The fourth-order valence-electron chi connectivity index (χ4n) is 9.38. The van der Waals surface area contributed by atoms with Crippen molar-refractivity contribution >= 4 is 82.3 Å². The number of H-pyrrole nitrogens is 2. The molecule has 0 atom stereocenters. The molecule has 2 aliphatic heterocycles. The summed E-state index contributed by atoms with van der Waals surface area (Å²) in [5.41, 5.74) is 24.1. The van der Waals surface area contributed by atoms with E-state index >= 15 is 0 Å². The van der Waals surface area contributed by atoms with Crippen molar-refractivity contribution in [1.82, 2.24) is 9.97 Å². The molecule has 0 spiro atoms. The van der Waals surface area contributed by atoms with Crippen molar-refractivity contribution in [3.63, 3.8) is 0 Å². The van der Waals surface area contributed by atoms with Gasteiger partial charge in [0, 0.05) is 46.6 Å². The van der Waals surface area contributed by atoms with E-state index in [1.165, 1.54) is 39.9 Å². The minimum atomic E-state index is -4.46. The number of nitrogens with one attached hydrogen (secondary N) is 2. The largest absolute Gasteiger partial charge is 2.00 e. The monoisotopic (exact) mass is 830 g/mol. The maximum atomic E-state index is 12.3. The van der Waals surface area contributed by atoms with Gasteiger partial charge in [-0.05, 0) is 118 Å². The summed E-state index contributed by atoms with van der Waals surface area (Å²) in [5, 5.41) is -0.0392. The third-order valence-electron chi connectivity index (χ3n) is 11.8. The van der Waals surface area contributed by atoms with Gasteiger partial charge < -0.3 is 19.8 Å². The van der Waals surface area contributed by atoms with Gasteiger partial charge in [0.15, 0.2) is 0 Å². The van der Waals surface area contributed by atoms with Crippen LogP contribution in [0, 0.1) is 55.4 Å². The molecule has 2 aliphatic rings. The van der Waals surface area contributed by atoms with Crippen LogP contribution in [0.3, 0.4) is 0 Å². The molecule has 9 rings (SSSR count). The quantitative estimate of drug-likeness (QED) is 0.132. The molecule has 0 amide bonds. The Kier molecular flexibility index (Phi) is 11.1. The van der Waals surface area contributed by atoms with E-state index in [9.17, 15) is 14.4 Å². The van der Waals surface area contributed by atoms with Crippen molar-refractivity contribution in [2.75, 3.05) is 0 Å². The molecular formula is C52H47MgN4O3P+2. The zero-order chi connectivity index (χ0) is 42.2. The Bertz CT molecular complexity index is 3190. The van der Waals surface area contributed by atoms with E-state index in [-0.39, 0.29) is 28.4 Å². The van der Waals surface area contributed by atoms with Crippen LogP contribution in [0.4, 0.5) is 0 Å². The van der Waals surface area contributed by atoms with E-state index in [0.717, 1.165) is 106 Å².